The van der Waals surface area contributed by atoms with E-state index in [0.717, 1.165) is 16.7 Å². The number of rotatable bonds is 1. The third-order valence-electron chi connectivity index (χ3n) is 3.54. The van der Waals surface area contributed by atoms with Gasteiger partial charge in [0.05, 0.1) is 7.11 Å². The van der Waals surface area contributed by atoms with Gasteiger partial charge < -0.3 is 4.74 Å². The van der Waals surface area contributed by atoms with Crippen LogP contribution in [-0.4, -0.2) is 24.7 Å². The number of hydrogen-bond acceptors (Lipinski definition) is 3. The summed E-state index contributed by atoms with van der Waals surface area (Å²) in [7, 11) is 1.42. The van der Waals surface area contributed by atoms with Gasteiger partial charge in [0.15, 0.2) is 0 Å². The summed E-state index contributed by atoms with van der Waals surface area (Å²) in [6, 6.07) is 7.75. The first-order valence-electron chi connectivity index (χ1n) is 6.09. The summed E-state index contributed by atoms with van der Waals surface area (Å²) in [5, 5.41) is 3.33. The molecular weight excluding hydrogens is 226 g/mol. The van der Waals surface area contributed by atoms with Crippen molar-refractivity contribution in [2.24, 2.45) is 0 Å². The minimum atomic E-state index is -0.328. The number of benzene rings is 1. The lowest BCUT2D eigenvalue weighted by Gasteiger charge is -2.29. The smallest absolute Gasteiger partial charge is 0.323 e. The van der Waals surface area contributed by atoms with Gasteiger partial charge in [-0.3, -0.25) is 10.1 Å². The van der Waals surface area contributed by atoms with E-state index >= 15 is 0 Å². The highest BCUT2D eigenvalue weighted by molar-refractivity contribution is 5.80. The Balaban J connectivity index is 2.47. The predicted molar refractivity (Wildman–Crippen MR) is 72.2 cm³/mol. The number of esters is 1. The molecule has 1 heterocycles. The van der Waals surface area contributed by atoms with E-state index in [4.69, 9.17) is 4.74 Å². The number of fused-ring (bicyclic) bond motifs is 1. The van der Waals surface area contributed by atoms with Gasteiger partial charge >= 0.3 is 5.97 Å². The van der Waals surface area contributed by atoms with Crippen molar-refractivity contribution in [3.63, 3.8) is 0 Å². The van der Waals surface area contributed by atoms with Gasteiger partial charge in [0, 0.05) is 5.54 Å². The zero-order valence-electron chi connectivity index (χ0n) is 11.1. The predicted octanol–water partition coefficient (Wildman–Crippen LogP) is 2.17. The highest BCUT2D eigenvalue weighted by atomic mass is 16.5. The molecule has 1 atom stereocenters. The maximum Gasteiger partial charge on any atom is 0.323 e. The van der Waals surface area contributed by atoms with Crippen LogP contribution in [0.1, 0.15) is 25.0 Å². The Hall–Kier alpha value is -1.61. The van der Waals surface area contributed by atoms with Gasteiger partial charge in [0.25, 0.3) is 0 Å². The highest BCUT2D eigenvalue weighted by Crippen LogP contribution is 2.32. The molecule has 0 fully saturated rings. The van der Waals surface area contributed by atoms with Gasteiger partial charge in [-0.15, -0.1) is 0 Å². The van der Waals surface area contributed by atoms with Crippen molar-refractivity contribution < 1.29 is 9.53 Å². The Morgan fingerprint density at radius 1 is 1.44 bits per heavy atom. The number of hydrogen-bond donors (Lipinski definition) is 1. The second-order valence-corrected chi connectivity index (χ2v) is 5.18. The molecule has 0 aliphatic carbocycles. The van der Waals surface area contributed by atoms with Crippen molar-refractivity contribution in [1.29, 1.82) is 0 Å². The SMILES string of the molecule is C=C1c2ccccc2C[C@@H](C(=O)OC)NC1(C)C. The van der Waals surface area contributed by atoms with E-state index in [0.29, 0.717) is 6.42 Å². The molecule has 0 aromatic heterocycles. The quantitative estimate of drug-likeness (QED) is 0.771. The van der Waals surface area contributed by atoms with Crippen LogP contribution in [0, 0.1) is 0 Å². The summed E-state index contributed by atoms with van der Waals surface area (Å²) in [6.07, 6.45) is 0.630. The van der Waals surface area contributed by atoms with Crippen LogP contribution in [0.25, 0.3) is 5.57 Å². The van der Waals surface area contributed by atoms with Gasteiger partial charge in [-0.05, 0) is 37.0 Å². The first-order chi connectivity index (χ1) is 8.45. The molecular formula is C15H19NO2. The molecule has 1 aliphatic rings. The summed E-state index contributed by atoms with van der Waals surface area (Å²) >= 11 is 0. The topological polar surface area (TPSA) is 38.3 Å². The fourth-order valence-electron chi connectivity index (χ4n) is 2.41. The molecule has 0 spiro atoms. The lowest BCUT2D eigenvalue weighted by atomic mass is 9.88. The van der Waals surface area contributed by atoms with Crippen molar-refractivity contribution in [2.45, 2.75) is 31.8 Å². The zero-order chi connectivity index (χ0) is 13.3. The minimum Gasteiger partial charge on any atom is -0.468 e. The number of nitrogens with one attached hydrogen (secondary N) is 1. The van der Waals surface area contributed by atoms with Crippen LogP contribution in [0.2, 0.25) is 0 Å². The van der Waals surface area contributed by atoms with Crippen molar-refractivity contribution in [2.75, 3.05) is 7.11 Å². The van der Waals surface area contributed by atoms with Crippen LogP contribution in [0.4, 0.5) is 0 Å². The zero-order valence-corrected chi connectivity index (χ0v) is 11.1. The van der Waals surface area contributed by atoms with E-state index in [1.807, 2.05) is 32.0 Å². The van der Waals surface area contributed by atoms with Gasteiger partial charge in [0.1, 0.15) is 6.04 Å². The van der Waals surface area contributed by atoms with Gasteiger partial charge in [-0.1, -0.05) is 30.8 Å². The fraction of sp³-hybridized carbons (Fsp3) is 0.400. The molecule has 0 bridgehead atoms. The Morgan fingerprint density at radius 3 is 2.78 bits per heavy atom. The van der Waals surface area contributed by atoms with E-state index in [1.165, 1.54) is 7.11 Å². The number of carbonyl (C=O) groups excluding carboxylic acids is 1. The molecule has 2 rings (SSSR count). The average molecular weight is 245 g/mol. The highest BCUT2D eigenvalue weighted by Gasteiger charge is 2.34. The van der Waals surface area contributed by atoms with Crippen LogP contribution in [-0.2, 0) is 16.0 Å². The van der Waals surface area contributed by atoms with Crippen LogP contribution < -0.4 is 5.32 Å². The third kappa shape index (κ3) is 2.18. The Bertz CT molecular complexity index is 491. The lowest BCUT2D eigenvalue weighted by Crippen LogP contribution is -2.49. The molecule has 96 valence electrons. The van der Waals surface area contributed by atoms with E-state index < -0.39 is 0 Å². The number of ether oxygens (including phenoxy) is 1. The fourth-order valence-corrected chi connectivity index (χ4v) is 2.41. The monoisotopic (exact) mass is 245 g/mol. The lowest BCUT2D eigenvalue weighted by molar-refractivity contribution is -0.143. The first-order valence-corrected chi connectivity index (χ1v) is 6.09. The second-order valence-electron chi connectivity index (χ2n) is 5.18. The van der Waals surface area contributed by atoms with Crippen molar-refractivity contribution in [3.8, 4) is 0 Å². The molecule has 1 N–H and O–H groups in total. The van der Waals surface area contributed by atoms with Gasteiger partial charge in [0.2, 0.25) is 0 Å². The Labute approximate surface area is 108 Å². The number of methoxy groups -OCH3 is 1. The van der Waals surface area contributed by atoms with Crippen LogP contribution in [0.3, 0.4) is 0 Å². The average Bonchev–Trinajstić information content (AvgIpc) is 2.45. The van der Waals surface area contributed by atoms with Crippen molar-refractivity contribution >= 4 is 11.5 Å². The van der Waals surface area contributed by atoms with Crippen LogP contribution in [0.15, 0.2) is 30.8 Å². The van der Waals surface area contributed by atoms with E-state index in [-0.39, 0.29) is 17.6 Å². The molecule has 3 heteroatoms. The molecule has 3 nitrogen and oxygen atoms in total. The summed E-state index contributed by atoms with van der Waals surface area (Å²) < 4.78 is 4.86. The van der Waals surface area contributed by atoms with E-state index in [2.05, 4.69) is 18.0 Å². The van der Waals surface area contributed by atoms with E-state index in [9.17, 15) is 4.79 Å². The van der Waals surface area contributed by atoms with Crippen molar-refractivity contribution in [1.82, 2.24) is 5.32 Å². The molecule has 0 unspecified atom stereocenters. The molecule has 1 aromatic carbocycles. The maximum atomic E-state index is 11.8. The normalized spacial score (nSPS) is 21.9. The molecule has 0 saturated carbocycles. The molecule has 0 saturated heterocycles. The van der Waals surface area contributed by atoms with Crippen LogP contribution in [0.5, 0.6) is 0 Å². The molecule has 1 aromatic rings. The Kier molecular flexibility index (Phi) is 3.26. The maximum absolute atomic E-state index is 11.8. The summed E-state index contributed by atoms with van der Waals surface area (Å²) in [5.74, 6) is -0.229. The summed E-state index contributed by atoms with van der Waals surface area (Å²) in [5.41, 5.74) is 2.94. The number of carbonyl (C=O) groups is 1. The van der Waals surface area contributed by atoms with E-state index in [1.54, 1.807) is 0 Å². The second kappa shape index (κ2) is 4.58. The largest absolute Gasteiger partial charge is 0.468 e. The third-order valence-corrected chi connectivity index (χ3v) is 3.54. The summed E-state index contributed by atoms with van der Waals surface area (Å²) in [4.78, 5) is 11.8. The van der Waals surface area contributed by atoms with Crippen molar-refractivity contribution in [3.05, 3.63) is 42.0 Å². The standard InChI is InChI=1S/C15H19NO2/c1-10-12-8-6-5-7-11(12)9-13(14(17)18-4)16-15(10,2)3/h5-8,13,16H,1,9H2,2-4H3/t13-/m0/s1. The summed E-state index contributed by atoms with van der Waals surface area (Å²) in [6.45, 7) is 8.24. The molecule has 18 heavy (non-hydrogen) atoms. The van der Waals surface area contributed by atoms with Gasteiger partial charge in [-0.25, -0.2) is 0 Å². The minimum absolute atomic E-state index is 0.229. The molecule has 1 aliphatic heterocycles. The van der Waals surface area contributed by atoms with Crippen LogP contribution >= 0.6 is 0 Å². The van der Waals surface area contributed by atoms with Gasteiger partial charge in [-0.2, -0.15) is 0 Å². The molecule has 0 amide bonds. The molecule has 0 radical (unpaired) electrons. The first kappa shape index (κ1) is 12.8. The Morgan fingerprint density at radius 2 is 2.11 bits per heavy atom.